The molecule has 10 heteroatoms. The minimum Gasteiger partial charge on any atom is -0.427 e. The second-order valence-electron chi connectivity index (χ2n) is 6.80. The first-order valence-corrected chi connectivity index (χ1v) is 9.64. The molecule has 0 N–H and O–H groups in total. The summed E-state index contributed by atoms with van der Waals surface area (Å²) >= 11 is 12.6. The number of rotatable bonds is 5. The Bertz CT molecular complexity index is 1050. The average molecular weight is 423 g/mol. The van der Waals surface area contributed by atoms with E-state index in [1.165, 1.54) is 22.9 Å². The van der Waals surface area contributed by atoms with Gasteiger partial charge in [0.25, 0.3) is 0 Å². The van der Waals surface area contributed by atoms with E-state index in [0.29, 0.717) is 35.6 Å². The van der Waals surface area contributed by atoms with Gasteiger partial charge >= 0.3 is 11.7 Å². The van der Waals surface area contributed by atoms with Gasteiger partial charge in [0.05, 0.1) is 23.2 Å². The molecule has 4 rings (SSSR count). The molecule has 2 aromatic rings. The van der Waals surface area contributed by atoms with Crippen LogP contribution in [-0.2, 0) is 16.1 Å². The highest BCUT2D eigenvalue weighted by Crippen LogP contribution is 2.33. The summed E-state index contributed by atoms with van der Waals surface area (Å²) in [6.07, 6.45) is 4.73. The quantitative estimate of drug-likeness (QED) is 0.687. The van der Waals surface area contributed by atoms with Crippen molar-refractivity contribution in [3.05, 3.63) is 55.6 Å². The highest BCUT2D eigenvalue weighted by atomic mass is 35.5. The molecule has 0 unspecified atom stereocenters. The van der Waals surface area contributed by atoms with Crippen LogP contribution in [0.4, 0.5) is 0 Å². The van der Waals surface area contributed by atoms with Gasteiger partial charge in [0.2, 0.25) is 0 Å². The van der Waals surface area contributed by atoms with Gasteiger partial charge in [-0.2, -0.15) is 9.36 Å². The molecule has 0 bridgehead atoms. The first-order valence-electron chi connectivity index (χ1n) is 8.89. The van der Waals surface area contributed by atoms with Crippen molar-refractivity contribution >= 4 is 35.0 Å². The van der Waals surface area contributed by atoms with Crippen LogP contribution in [0.2, 0.25) is 10.0 Å². The lowest BCUT2D eigenvalue weighted by Crippen LogP contribution is -2.25. The van der Waals surface area contributed by atoms with Gasteiger partial charge in [-0.15, -0.1) is 0 Å². The van der Waals surface area contributed by atoms with Crippen molar-refractivity contribution < 1.29 is 14.3 Å². The summed E-state index contributed by atoms with van der Waals surface area (Å²) in [6.45, 7) is -0.0223. The van der Waals surface area contributed by atoms with Crippen molar-refractivity contribution in [2.45, 2.75) is 44.7 Å². The van der Waals surface area contributed by atoms with E-state index in [1.807, 2.05) is 0 Å². The zero-order chi connectivity index (χ0) is 19.8. The van der Waals surface area contributed by atoms with Crippen LogP contribution in [0, 0.1) is 0 Å². The monoisotopic (exact) mass is 422 g/mol. The topological polar surface area (TPSA) is 96.1 Å². The molecule has 1 aromatic carbocycles. The van der Waals surface area contributed by atoms with Gasteiger partial charge in [0.1, 0.15) is 5.76 Å². The predicted molar refractivity (Wildman–Crippen MR) is 100 cm³/mol. The summed E-state index contributed by atoms with van der Waals surface area (Å²) in [5, 5.41) is 8.11. The summed E-state index contributed by atoms with van der Waals surface area (Å²) in [5.74, 6) is -0.440. The van der Waals surface area contributed by atoms with Crippen LogP contribution in [0.15, 0.2) is 28.8 Å². The molecular weight excluding hydrogens is 407 g/mol. The number of tetrazole rings is 1. The average Bonchev–Trinajstić information content (AvgIpc) is 3.42. The lowest BCUT2D eigenvalue weighted by atomic mass is 10.1. The van der Waals surface area contributed by atoms with Crippen LogP contribution in [0.1, 0.15) is 54.1 Å². The van der Waals surface area contributed by atoms with Gasteiger partial charge in [-0.05, 0) is 41.8 Å². The normalized spacial score (nSPS) is 16.8. The van der Waals surface area contributed by atoms with Crippen molar-refractivity contribution in [1.82, 2.24) is 19.8 Å². The lowest BCUT2D eigenvalue weighted by Gasteiger charge is -2.14. The SMILES string of the molecule is O=C1C=C(OC(=O)c2ccc(Cl)c(Cn3nnn(C4CC4)c3=O)c2Cl)CCC1. The Morgan fingerprint density at radius 2 is 1.96 bits per heavy atom. The molecule has 0 spiro atoms. The largest absolute Gasteiger partial charge is 0.427 e. The third-order valence-corrected chi connectivity index (χ3v) is 5.45. The van der Waals surface area contributed by atoms with Crippen LogP contribution in [0.25, 0.3) is 0 Å². The molecule has 1 heterocycles. The summed E-state index contributed by atoms with van der Waals surface area (Å²) in [7, 11) is 0. The zero-order valence-electron chi connectivity index (χ0n) is 14.7. The molecule has 0 saturated heterocycles. The van der Waals surface area contributed by atoms with Crippen molar-refractivity contribution in [2.75, 3.05) is 0 Å². The molecule has 28 heavy (non-hydrogen) atoms. The van der Waals surface area contributed by atoms with E-state index >= 15 is 0 Å². The Morgan fingerprint density at radius 3 is 2.68 bits per heavy atom. The number of nitrogens with zero attached hydrogens (tertiary/aromatic N) is 4. The summed E-state index contributed by atoms with van der Waals surface area (Å²) < 4.78 is 7.81. The van der Waals surface area contributed by atoms with Crippen molar-refractivity contribution in [3.63, 3.8) is 0 Å². The number of ether oxygens (including phenoxy) is 1. The minimum absolute atomic E-state index is 0.0223. The van der Waals surface area contributed by atoms with Gasteiger partial charge in [0, 0.05) is 29.5 Å². The standard InChI is InChI=1S/C18H16Cl2N4O4/c19-15-7-6-13(17(26)28-12-3-1-2-11(25)8-12)16(20)14(15)9-23-18(27)24(22-21-23)10-4-5-10/h6-8,10H,1-5,9H2. The van der Waals surface area contributed by atoms with Gasteiger partial charge in [-0.25, -0.2) is 9.59 Å². The number of carbonyl (C=O) groups excluding carboxylic acids is 2. The van der Waals surface area contributed by atoms with Crippen LogP contribution < -0.4 is 5.69 Å². The highest BCUT2D eigenvalue weighted by Gasteiger charge is 2.28. The fraction of sp³-hybridized carbons (Fsp3) is 0.389. The van der Waals surface area contributed by atoms with Gasteiger partial charge in [0.15, 0.2) is 5.78 Å². The smallest absolute Gasteiger partial charge is 0.364 e. The third kappa shape index (κ3) is 3.74. The molecule has 0 amide bonds. The molecular formula is C18H16Cl2N4O4. The molecule has 2 aliphatic carbocycles. The second-order valence-corrected chi connectivity index (χ2v) is 7.59. The number of hydrogen-bond donors (Lipinski definition) is 0. The molecule has 1 fully saturated rings. The number of benzene rings is 1. The number of halogens is 2. The Kier molecular flexibility index (Phi) is 5.07. The first-order chi connectivity index (χ1) is 13.4. The van der Waals surface area contributed by atoms with E-state index in [9.17, 15) is 14.4 Å². The molecule has 0 aliphatic heterocycles. The molecule has 146 valence electrons. The predicted octanol–water partition coefficient (Wildman–Crippen LogP) is 2.92. The Balaban J connectivity index is 1.60. The van der Waals surface area contributed by atoms with Crippen molar-refractivity contribution in [2.24, 2.45) is 0 Å². The number of allylic oxidation sites excluding steroid dienone is 2. The number of hydrogen-bond acceptors (Lipinski definition) is 6. The molecule has 2 aliphatic rings. The van der Waals surface area contributed by atoms with E-state index in [0.717, 1.165) is 17.5 Å². The summed E-state index contributed by atoms with van der Waals surface area (Å²) in [4.78, 5) is 36.4. The van der Waals surface area contributed by atoms with Crippen LogP contribution in [-0.4, -0.2) is 31.5 Å². The van der Waals surface area contributed by atoms with E-state index in [4.69, 9.17) is 27.9 Å². The number of ketones is 1. The van der Waals surface area contributed by atoms with E-state index < -0.39 is 5.97 Å². The highest BCUT2D eigenvalue weighted by molar-refractivity contribution is 6.38. The van der Waals surface area contributed by atoms with Crippen LogP contribution >= 0.6 is 23.2 Å². The van der Waals surface area contributed by atoms with Crippen molar-refractivity contribution in [1.29, 1.82) is 0 Å². The van der Waals surface area contributed by atoms with E-state index in [2.05, 4.69) is 10.4 Å². The molecule has 0 atom stereocenters. The van der Waals surface area contributed by atoms with E-state index in [-0.39, 0.29) is 34.6 Å². The minimum atomic E-state index is -0.683. The zero-order valence-corrected chi connectivity index (χ0v) is 16.2. The van der Waals surface area contributed by atoms with E-state index in [1.54, 1.807) is 0 Å². The maximum atomic E-state index is 12.5. The molecule has 0 radical (unpaired) electrons. The fourth-order valence-corrected chi connectivity index (χ4v) is 3.57. The Labute approximate surface area is 169 Å². The number of aromatic nitrogens is 4. The lowest BCUT2D eigenvalue weighted by molar-refractivity contribution is -0.115. The first kappa shape index (κ1) is 18.9. The van der Waals surface area contributed by atoms with Gasteiger partial charge in [-0.3, -0.25) is 4.79 Å². The number of esters is 1. The third-order valence-electron chi connectivity index (χ3n) is 4.66. The molecule has 1 aromatic heterocycles. The maximum Gasteiger partial charge on any atom is 0.364 e. The summed E-state index contributed by atoms with van der Waals surface area (Å²) in [6, 6.07) is 3.06. The van der Waals surface area contributed by atoms with Crippen molar-refractivity contribution in [3.8, 4) is 0 Å². The fourth-order valence-electron chi connectivity index (χ4n) is 3.00. The van der Waals surface area contributed by atoms with Gasteiger partial charge < -0.3 is 4.74 Å². The Hall–Kier alpha value is -2.45. The van der Waals surface area contributed by atoms with Crippen LogP contribution in [0.5, 0.6) is 0 Å². The summed E-state index contributed by atoms with van der Waals surface area (Å²) in [5.41, 5.74) is 0.118. The maximum absolute atomic E-state index is 12.5. The Morgan fingerprint density at radius 1 is 1.18 bits per heavy atom. The molecule has 8 nitrogen and oxygen atoms in total. The number of carbonyl (C=O) groups is 2. The second kappa shape index (κ2) is 7.52. The van der Waals surface area contributed by atoms with Gasteiger partial charge in [-0.1, -0.05) is 23.2 Å². The van der Waals surface area contributed by atoms with Crippen LogP contribution in [0.3, 0.4) is 0 Å². The molecule has 1 saturated carbocycles.